The molecule has 2 fully saturated rings. The average molecular weight is 368 g/mol. The standard InChI is InChI=1S/C21H21FN2O3/c1-13(2)12-17-18-19(27-24(17)16-6-4-3-5-7-16)21(26)23(20(18)25)15-10-8-14(22)9-11-15/h3-11,13,17-19H,12H2,1-2H3/t17-,18+,19+/m1/s1. The van der Waals surface area contributed by atoms with Gasteiger partial charge < -0.3 is 0 Å². The van der Waals surface area contributed by atoms with Crippen molar-refractivity contribution in [2.24, 2.45) is 11.8 Å². The van der Waals surface area contributed by atoms with Crippen LogP contribution in [-0.4, -0.2) is 24.0 Å². The Morgan fingerprint density at radius 2 is 1.63 bits per heavy atom. The van der Waals surface area contributed by atoms with Crippen molar-refractivity contribution in [2.75, 3.05) is 9.96 Å². The van der Waals surface area contributed by atoms with Gasteiger partial charge >= 0.3 is 0 Å². The zero-order chi connectivity index (χ0) is 19.1. The van der Waals surface area contributed by atoms with Crippen LogP contribution in [0.4, 0.5) is 15.8 Å². The van der Waals surface area contributed by atoms with Crippen molar-refractivity contribution >= 4 is 23.2 Å². The van der Waals surface area contributed by atoms with Gasteiger partial charge in [0.1, 0.15) is 5.82 Å². The summed E-state index contributed by atoms with van der Waals surface area (Å²) < 4.78 is 13.2. The highest BCUT2D eigenvalue weighted by Crippen LogP contribution is 2.42. The van der Waals surface area contributed by atoms with Gasteiger partial charge in [-0.25, -0.2) is 14.4 Å². The molecule has 2 amide bonds. The minimum Gasteiger partial charge on any atom is -0.273 e. The molecule has 4 rings (SSSR count). The maximum atomic E-state index is 13.2. The molecule has 6 heteroatoms. The molecule has 2 aromatic rings. The van der Waals surface area contributed by atoms with E-state index in [1.54, 1.807) is 5.06 Å². The van der Waals surface area contributed by atoms with Crippen molar-refractivity contribution in [3.8, 4) is 0 Å². The highest BCUT2D eigenvalue weighted by molar-refractivity contribution is 6.23. The number of rotatable bonds is 4. The third-order valence-corrected chi connectivity index (χ3v) is 5.05. The maximum absolute atomic E-state index is 13.2. The first-order valence-electron chi connectivity index (χ1n) is 9.12. The zero-order valence-electron chi connectivity index (χ0n) is 15.2. The van der Waals surface area contributed by atoms with Crippen molar-refractivity contribution in [3.05, 3.63) is 60.4 Å². The minimum atomic E-state index is -0.855. The molecule has 5 nitrogen and oxygen atoms in total. The lowest BCUT2D eigenvalue weighted by Crippen LogP contribution is -2.41. The molecule has 2 aromatic carbocycles. The first-order valence-corrected chi connectivity index (χ1v) is 9.12. The smallest absolute Gasteiger partial charge is 0.266 e. The fraction of sp³-hybridized carbons (Fsp3) is 0.333. The number of para-hydroxylation sites is 1. The summed E-state index contributed by atoms with van der Waals surface area (Å²) in [5.41, 5.74) is 1.20. The molecule has 0 bridgehead atoms. The minimum absolute atomic E-state index is 0.237. The van der Waals surface area contributed by atoms with E-state index in [2.05, 4.69) is 13.8 Å². The maximum Gasteiger partial charge on any atom is 0.266 e. The van der Waals surface area contributed by atoms with Crippen LogP contribution in [0.15, 0.2) is 54.6 Å². The largest absolute Gasteiger partial charge is 0.273 e. The quantitative estimate of drug-likeness (QED) is 0.775. The van der Waals surface area contributed by atoms with Gasteiger partial charge in [0, 0.05) is 0 Å². The van der Waals surface area contributed by atoms with Crippen molar-refractivity contribution in [1.29, 1.82) is 0 Å². The number of anilines is 2. The van der Waals surface area contributed by atoms with Gasteiger partial charge in [0.15, 0.2) is 6.10 Å². The third-order valence-electron chi connectivity index (χ3n) is 5.05. The number of imide groups is 1. The van der Waals surface area contributed by atoms with Crippen LogP contribution in [0.5, 0.6) is 0 Å². The molecule has 0 saturated carbocycles. The van der Waals surface area contributed by atoms with E-state index in [0.29, 0.717) is 18.0 Å². The summed E-state index contributed by atoms with van der Waals surface area (Å²) in [6, 6.07) is 14.6. The molecule has 0 aromatic heterocycles. The van der Waals surface area contributed by atoms with E-state index in [9.17, 15) is 14.0 Å². The van der Waals surface area contributed by atoms with Gasteiger partial charge in [-0.15, -0.1) is 0 Å². The Balaban J connectivity index is 1.69. The Morgan fingerprint density at radius 3 is 2.26 bits per heavy atom. The second kappa shape index (κ2) is 6.78. The highest BCUT2D eigenvalue weighted by Gasteiger charge is 2.59. The van der Waals surface area contributed by atoms with Crippen molar-refractivity contribution in [2.45, 2.75) is 32.4 Å². The Labute approximate surface area is 157 Å². The molecule has 2 aliphatic heterocycles. The average Bonchev–Trinajstić information content (AvgIpc) is 3.13. The van der Waals surface area contributed by atoms with Crippen LogP contribution in [0.2, 0.25) is 0 Å². The van der Waals surface area contributed by atoms with Crippen molar-refractivity contribution in [3.63, 3.8) is 0 Å². The number of hydrogen-bond acceptors (Lipinski definition) is 4. The normalized spacial score (nSPS) is 24.8. The number of hydrogen-bond donors (Lipinski definition) is 0. The lowest BCUT2D eigenvalue weighted by Gasteiger charge is -2.29. The first-order chi connectivity index (χ1) is 13.0. The van der Waals surface area contributed by atoms with E-state index in [1.807, 2.05) is 30.3 Å². The topological polar surface area (TPSA) is 49.9 Å². The highest BCUT2D eigenvalue weighted by atomic mass is 19.1. The molecule has 27 heavy (non-hydrogen) atoms. The number of halogens is 1. The van der Waals surface area contributed by atoms with Crippen LogP contribution in [0.3, 0.4) is 0 Å². The van der Waals surface area contributed by atoms with E-state index < -0.39 is 23.7 Å². The number of fused-ring (bicyclic) bond motifs is 1. The van der Waals surface area contributed by atoms with Crippen molar-refractivity contribution < 1.29 is 18.8 Å². The lowest BCUT2D eigenvalue weighted by molar-refractivity contribution is -0.126. The second-order valence-electron chi connectivity index (χ2n) is 7.40. The predicted molar refractivity (Wildman–Crippen MR) is 99.4 cm³/mol. The van der Waals surface area contributed by atoms with Gasteiger partial charge in [0.25, 0.3) is 5.91 Å². The van der Waals surface area contributed by atoms with Gasteiger partial charge in [-0.1, -0.05) is 32.0 Å². The van der Waals surface area contributed by atoms with Crippen LogP contribution in [0, 0.1) is 17.7 Å². The molecule has 2 saturated heterocycles. The van der Waals surface area contributed by atoms with Gasteiger partial charge in [-0.2, -0.15) is 0 Å². The lowest BCUT2D eigenvalue weighted by atomic mass is 9.90. The Kier molecular flexibility index (Phi) is 4.44. The number of carbonyl (C=O) groups excluding carboxylic acids is 2. The van der Waals surface area contributed by atoms with Crippen molar-refractivity contribution in [1.82, 2.24) is 0 Å². The van der Waals surface area contributed by atoms with Crippen LogP contribution in [-0.2, 0) is 14.4 Å². The van der Waals surface area contributed by atoms with E-state index in [0.717, 1.165) is 10.6 Å². The number of carbonyl (C=O) groups is 2. The van der Waals surface area contributed by atoms with E-state index >= 15 is 0 Å². The fourth-order valence-corrected chi connectivity index (χ4v) is 3.89. The molecule has 0 spiro atoms. The molecular weight excluding hydrogens is 347 g/mol. The Morgan fingerprint density at radius 1 is 0.963 bits per heavy atom. The molecule has 140 valence electrons. The third kappa shape index (κ3) is 3.00. The Bertz CT molecular complexity index is 853. The molecule has 0 unspecified atom stereocenters. The second-order valence-corrected chi connectivity index (χ2v) is 7.40. The predicted octanol–water partition coefficient (Wildman–Crippen LogP) is 3.55. The number of amides is 2. The first kappa shape index (κ1) is 17.7. The number of hydroxylamine groups is 1. The van der Waals surface area contributed by atoms with E-state index in [4.69, 9.17) is 4.84 Å². The summed E-state index contributed by atoms with van der Waals surface area (Å²) in [7, 11) is 0. The summed E-state index contributed by atoms with van der Waals surface area (Å²) in [6.07, 6.45) is -0.140. The fourth-order valence-electron chi connectivity index (χ4n) is 3.89. The monoisotopic (exact) mass is 368 g/mol. The SMILES string of the molecule is CC(C)C[C@@H]1[C@@H]2C(=O)N(c3ccc(F)cc3)C(=O)[C@H]2ON1c1ccccc1. The Hall–Kier alpha value is -2.73. The molecule has 3 atom stereocenters. The van der Waals surface area contributed by atoms with Crippen LogP contribution in [0.25, 0.3) is 0 Å². The molecule has 2 heterocycles. The molecule has 0 aliphatic carbocycles. The number of nitrogens with zero attached hydrogens (tertiary/aromatic N) is 2. The summed E-state index contributed by atoms with van der Waals surface area (Å²) >= 11 is 0. The van der Waals surface area contributed by atoms with E-state index in [-0.39, 0.29) is 11.9 Å². The zero-order valence-corrected chi connectivity index (χ0v) is 15.2. The van der Waals surface area contributed by atoms with Crippen LogP contribution in [0.1, 0.15) is 20.3 Å². The molecule has 0 N–H and O–H groups in total. The van der Waals surface area contributed by atoms with Gasteiger partial charge in [0.05, 0.1) is 23.3 Å². The van der Waals surface area contributed by atoms with E-state index in [1.165, 1.54) is 24.3 Å². The van der Waals surface area contributed by atoms with Crippen LogP contribution < -0.4 is 9.96 Å². The summed E-state index contributed by atoms with van der Waals surface area (Å²) in [5, 5.41) is 1.72. The molecule has 2 aliphatic rings. The molecule has 0 radical (unpaired) electrons. The summed E-state index contributed by atoms with van der Waals surface area (Å²) in [6.45, 7) is 4.16. The van der Waals surface area contributed by atoms with Crippen LogP contribution >= 0.6 is 0 Å². The summed E-state index contributed by atoms with van der Waals surface area (Å²) in [4.78, 5) is 33.2. The van der Waals surface area contributed by atoms with Gasteiger partial charge in [0.2, 0.25) is 5.91 Å². The van der Waals surface area contributed by atoms with Gasteiger partial charge in [-0.3, -0.25) is 14.4 Å². The van der Waals surface area contributed by atoms with Gasteiger partial charge in [-0.05, 0) is 48.7 Å². The molecular formula is C21H21FN2O3. The summed E-state index contributed by atoms with van der Waals surface area (Å²) in [5.74, 6) is -1.36. The number of benzene rings is 2.